The molecule has 1 atom stereocenters. The predicted molar refractivity (Wildman–Crippen MR) is 74.5 cm³/mol. The molecule has 3 rings (SSSR count). The van der Waals surface area contributed by atoms with Gasteiger partial charge in [-0.05, 0) is 0 Å². The summed E-state index contributed by atoms with van der Waals surface area (Å²) in [4.78, 5) is 0. The molecule has 0 saturated carbocycles. The van der Waals surface area contributed by atoms with Crippen molar-refractivity contribution >= 4 is 0 Å². The molecule has 0 radical (unpaired) electrons. The molecule has 0 amide bonds. The third kappa shape index (κ3) is 3.96. The van der Waals surface area contributed by atoms with Gasteiger partial charge in [-0.15, -0.1) is 0 Å². The fraction of sp³-hybridized carbons (Fsp3) is 0.294. The molecule has 3 heteroatoms. The molecular formula is C17H18IO2-. The van der Waals surface area contributed by atoms with Crippen LogP contribution in [-0.2, 0) is 4.74 Å². The molecule has 1 saturated heterocycles. The van der Waals surface area contributed by atoms with Gasteiger partial charge in [0.1, 0.15) is 0 Å². The van der Waals surface area contributed by atoms with Gasteiger partial charge in [0, 0.05) is 0 Å². The van der Waals surface area contributed by atoms with Crippen LogP contribution in [0.1, 0.15) is 19.3 Å². The van der Waals surface area contributed by atoms with E-state index in [0.717, 1.165) is 25.2 Å². The zero-order valence-electron chi connectivity index (χ0n) is 11.3. The van der Waals surface area contributed by atoms with Crippen molar-refractivity contribution in [1.82, 2.24) is 0 Å². The van der Waals surface area contributed by atoms with Gasteiger partial charge in [0.25, 0.3) is 0 Å². The van der Waals surface area contributed by atoms with Gasteiger partial charge >= 0.3 is 130 Å². The maximum absolute atomic E-state index is 5.85. The number of ether oxygens (including phenoxy) is 2. The van der Waals surface area contributed by atoms with E-state index < -0.39 is 0 Å². The second-order valence-electron chi connectivity index (χ2n) is 4.76. The van der Waals surface area contributed by atoms with Crippen LogP contribution >= 0.6 is 0 Å². The molecule has 2 nitrogen and oxygen atoms in total. The van der Waals surface area contributed by atoms with Crippen LogP contribution in [0.25, 0.3) is 0 Å². The fourth-order valence-electron chi connectivity index (χ4n) is 2.14. The van der Waals surface area contributed by atoms with Crippen LogP contribution < -0.4 is 25.9 Å². The van der Waals surface area contributed by atoms with Crippen molar-refractivity contribution in [2.75, 3.05) is 6.61 Å². The van der Waals surface area contributed by atoms with Crippen LogP contribution in [0.2, 0.25) is 0 Å². The SMILES string of the molecule is c1ccc([I-]c2ccc(OC3CCCCO3)cc2)cc1. The first kappa shape index (κ1) is 13.9. The molecule has 1 aliphatic rings. The fourth-order valence-corrected chi connectivity index (χ4v) is 4.35. The standard InChI is InChI=1S/C17H18IO2/c1-2-6-14(7-3-1)18-15-9-11-16(12-10-15)20-17-8-4-5-13-19-17/h1-3,6-7,9-12,17H,4-5,8,13H2/q-1. The molecule has 0 N–H and O–H groups in total. The molecule has 1 fully saturated rings. The molecule has 20 heavy (non-hydrogen) atoms. The van der Waals surface area contributed by atoms with Crippen LogP contribution in [0.3, 0.4) is 0 Å². The van der Waals surface area contributed by atoms with Crippen LogP contribution in [0.15, 0.2) is 54.6 Å². The summed E-state index contributed by atoms with van der Waals surface area (Å²) in [5.41, 5.74) is 0. The molecule has 106 valence electrons. The molecule has 0 aliphatic carbocycles. The van der Waals surface area contributed by atoms with E-state index in [9.17, 15) is 0 Å². The Kier molecular flexibility index (Phi) is 4.92. The van der Waals surface area contributed by atoms with Crippen molar-refractivity contribution in [2.45, 2.75) is 25.6 Å². The molecule has 1 aliphatic heterocycles. The van der Waals surface area contributed by atoms with Crippen molar-refractivity contribution in [1.29, 1.82) is 0 Å². The molecule has 2 aromatic carbocycles. The van der Waals surface area contributed by atoms with Gasteiger partial charge in [-0.25, -0.2) is 0 Å². The zero-order chi connectivity index (χ0) is 13.6. The topological polar surface area (TPSA) is 18.5 Å². The number of hydrogen-bond acceptors (Lipinski definition) is 2. The second-order valence-corrected chi connectivity index (χ2v) is 7.79. The average molecular weight is 381 g/mol. The summed E-state index contributed by atoms with van der Waals surface area (Å²) in [5, 5.41) is 0. The minimum absolute atomic E-state index is 0.0570. The van der Waals surface area contributed by atoms with Crippen molar-refractivity contribution in [3.05, 3.63) is 61.7 Å². The Balaban J connectivity index is 1.59. The van der Waals surface area contributed by atoms with Gasteiger partial charge in [-0.3, -0.25) is 0 Å². The Labute approximate surface area is 130 Å². The van der Waals surface area contributed by atoms with Crippen molar-refractivity contribution in [3.63, 3.8) is 0 Å². The number of hydrogen-bond donors (Lipinski definition) is 0. The summed E-state index contributed by atoms with van der Waals surface area (Å²) >= 11 is -0.0916. The Hall–Kier alpha value is -1.07. The van der Waals surface area contributed by atoms with Crippen LogP contribution in [-0.4, -0.2) is 12.9 Å². The Morgan fingerprint density at radius 1 is 0.900 bits per heavy atom. The van der Waals surface area contributed by atoms with E-state index in [1.165, 1.54) is 13.6 Å². The number of rotatable bonds is 4. The van der Waals surface area contributed by atoms with Gasteiger partial charge in [0.05, 0.1) is 0 Å². The molecule has 0 bridgehead atoms. The normalized spacial score (nSPS) is 18.9. The monoisotopic (exact) mass is 381 g/mol. The average Bonchev–Trinajstić information content (AvgIpc) is 2.51. The Morgan fingerprint density at radius 3 is 2.35 bits per heavy atom. The Bertz CT molecular complexity index is 518. The third-order valence-electron chi connectivity index (χ3n) is 3.17. The summed E-state index contributed by atoms with van der Waals surface area (Å²) in [6.07, 6.45) is 3.29. The minimum atomic E-state index is -0.0916. The number of halogens is 1. The predicted octanol–water partition coefficient (Wildman–Crippen LogP) is 0.720. The van der Waals surface area contributed by atoms with Crippen LogP contribution in [0, 0.1) is 7.14 Å². The van der Waals surface area contributed by atoms with E-state index in [1.807, 2.05) is 0 Å². The summed E-state index contributed by atoms with van der Waals surface area (Å²) in [6, 6.07) is 19.2. The molecule has 1 unspecified atom stereocenters. The Morgan fingerprint density at radius 2 is 1.65 bits per heavy atom. The van der Waals surface area contributed by atoms with Gasteiger partial charge in [-0.2, -0.15) is 0 Å². The van der Waals surface area contributed by atoms with Gasteiger partial charge in [0.15, 0.2) is 0 Å². The van der Waals surface area contributed by atoms with Crippen molar-refractivity contribution < 1.29 is 30.7 Å². The molecule has 0 spiro atoms. The van der Waals surface area contributed by atoms with E-state index in [2.05, 4.69) is 54.6 Å². The van der Waals surface area contributed by atoms with E-state index in [1.54, 1.807) is 0 Å². The molecule has 0 aromatic heterocycles. The molecule has 2 aromatic rings. The second kappa shape index (κ2) is 7.09. The van der Waals surface area contributed by atoms with Gasteiger partial charge in [-0.1, -0.05) is 0 Å². The van der Waals surface area contributed by atoms with Crippen LogP contribution in [0.4, 0.5) is 0 Å². The summed E-state index contributed by atoms with van der Waals surface area (Å²) in [5.74, 6) is 0.915. The molecular weight excluding hydrogens is 363 g/mol. The zero-order valence-corrected chi connectivity index (χ0v) is 13.5. The quantitative estimate of drug-likeness (QED) is 0.727. The van der Waals surface area contributed by atoms with Crippen molar-refractivity contribution in [3.8, 4) is 5.75 Å². The summed E-state index contributed by atoms with van der Waals surface area (Å²) < 4.78 is 14.3. The van der Waals surface area contributed by atoms with E-state index in [-0.39, 0.29) is 27.5 Å². The van der Waals surface area contributed by atoms with E-state index in [0.29, 0.717) is 0 Å². The molecule has 1 heterocycles. The van der Waals surface area contributed by atoms with Gasteiger partial charge in [0.2, 0.25) is 0 Å². The first-order valence-electron chi connectivity index (χ1n) is 6.98. The third-order valence-corrected chi connectivity index (χ3v) is 5.85. The summed E-state index contributed by atoms with van der Waals surface area (Å²) in [7, 11) is 0. The maximum atomic E-state index is 5.85. The van der Waals surface area contributed by atoms with E-state index in [4.69, 9.17) is 9.47 Å². The first-order chi connectivity index (χ1) is 9.90. The van der Waals surface area contributed by atoms with Crippen LogP contribution in [0.5, 0.6) is 5.75 Å². The first-order valence-corrected chi connectivity index (χ1v) is 9.14. The van der Waals surface area contributed by atoms with E-state index >= 15 is 0 Å². The number of benzene rings is 2. The summed E-state index contributed by atoms with van der Waals surface area (Å²) in [6.45, 7) is 0.822. The van der Waals surface area contributed by atoms with Crippen molar-refractivity contribution in [2.24, 2.45) is 0 Å². The van der Waals surface area contributed by atoms with Gasteiger partial charge < -0.3 is 0 Å².